The van der Waals surface area contributed by atoms with Gasteiger partial charge in [0.1, 0.15) is 35.3 Å². The van der Waals surface area contributed by atoms with E-state index < -0.39 is 37.3 Å². The van der Waals surface area contributed by atoms with Crippen LogP contribution in [0.2, 0.25) is 5.15 Å². The number of aliphatic hydroxyl groups is 4. The smallest absolute Gasteiger partial charge is 0.184 e. The minimum absolute atomic E-state index is 0.351. The predicted octanol–water partition coefficient (Wildman–Crippen LogP) is 2.42. The number of unbranched alkanes of at least 4 members (excludes halogenated alkanes) is 5. The van der Waals surface area contributed by atoms with Gasteiger partial charge in [-0.3, -0.25) is 0 Å². The van der Waals surface area contributed by atoms with Gasteiger partial charge in [-0.05, 0) is 43.2 Å². The van der Waals surface area contributed by atoms with Gasteiger partial charge in [0.2, 0.25) is 0 Å². The Hall–Kier alpha value is -1.52. The molecule has 1 aliphatic rings. The van der Waals surface area contributed by atoms with Crippen molar-refractivity contribution in [3.05, 3.63) is 35.5 Å². The highest BCUT2D eigenvalue weighted by atomic mass is 35.5. The minimum atomic E-state index is -1.37. The summed E-state index contributed by atoms with van der Waals surface area (Å²) in [4.78, 5) is 4.26. The first-order valence-corrected chi connectivity index (χ1v) is 11.5. The van der Waals surface area contributed by atoms with E-state index in [0.29, 0.717) is 18.4 Å². The van der Waals surface area contributed by atoms with Crippen LogP contribution in [0, 0.1) is 0 Å². The van der Waals surface area contributed by atoms with Crippen molar-refractivity contribution in [2.45, 2.75) is 69.2 Å². The number of ether oxygens (including phenoxy) is 3. The Bertz CT molecular complexity index is 839. The largest absolute Gasteiger partial charge is 0.494 e. The first-order chi connectivity index (χ1) is 15.5. The maximum Gasteiger partial charge on any atom is 0.184 e. The maximum atomic E-state index is 10.0. The Morgan fingerprint density at radius 3 is 2.38 bits per heavy atom. The fourth-order valence-corrected chi connectivity index (χ4v) is 3.90. The van der Waals surface area contributed by atoms with Crippen LogP contribution in [-0.2, 0) is 9.47 Å². The average Bonchev–Trinajstić information content (AvgIpc) is 2.79. The number of rotatable bonds is 12. The molecule has 0 amide bonds. The van der Waals surface area contributed by atoms with E-state index in [0.717, 1.165) is 55.2 Å². The highest BCUT2D eigenvalue weighted by Gasteiger charge is 2.44. The molecule has 1 aliphatic heterocycles. The van der Waals surface area contributed by atoms with Crippen molar-refractivity contribution >= 4 is 22.5 Å². The Kier molecular flexibility index (Phi) is 9.92. The van der Waals surface area contributed by atoms with E-state index in [4.69, 9.17) is 30.9 Å². The molecule has 0 saturated carbocycles. The molecule has 0 aliphatic carbocycles. The summed E-state index contributed by atoms with van der Waals surface area (Å²) in [5.41, 5.74) is 0.847. The molecule has 4 N–H and O–H groups in total. The maximum absolute atomic E-state index is 10.0. The molecule has 3 rings (SSSR count). The van der Waals surface area contributed by atoms with Gasteiger partial charge in [0.05, 0.1) is 18.7 Å². The molecule has 0 spiro atoms. The predicted molar refractivity (Wildman–Crippen MR) is 120 cm³/mol. The van der Waals surface area contributed by atoms with Crippen LogP contribution in [0.5, 0.6) is 5.75 Å². The molecule has 1 saturated heterocycles. The van der Waals surface area contributed by atoms with Gasteiger partial charge >= 0.3 is 0 Å². The van der Waals surface area contributed by atoms with E-state index in [2.05, 4.69) is 4.98 Å². The highest BCUT2D eigenvalue weighted by molar-refractivity contribution is 6.29. The fourth-order valence-electron chi connectivity index (χ4n) is 3.74. The molecule has 32 heavy (non-hydrogen) atoms. The highest BCUT2D eigenvalue weighted by Crippen LogP contribution is 2.23. The van der Waals surface area contributed by atoms with Gasteiger partial charge in [0.25, 0.3) is 0 Å². The first kappa shape index (κ1) is 25.1. The van der Waals surface area contributed by atoms with Crippen molar-refractivity contribution in [3.8, 4) is 5.75 Å². The lowest BCUT2D eigenvalue weighted by molar-refractivity contribution is -0.296. The molecule has 178 valence electrons. The van der Waals surface area contributed by atoms with E-state index in [1.54, 1.807) is 6.07 Å². The van der Waals surface area contributed by atoms with Gasteiger partial charge in [-0.25, -0.2) is 4.98 Å². The second kappa shape index (κ2) is 12.6. The first-order valence-electron chi connectivity index (χ1n) is 11.1. The van der Waals surface area contributed by atoms with Gasteiger partial charge < -0.3 is 34.6 Å². The zero-order valence-corrected chi connectivity index (χ0v) is 18.7. The lowest BCUT2D eigenvalue weighted by Gasteiger charge is -2.39. The van der Waals surface area contributed by atoms with Crippen LogP contribution in [0.3, 0.4) is 0 Å². The topological polar surface area (TPSA) is 122 Å². The minimum Gasteiger partial charge on any atom is -0.494 e. The molecule has 0 bridgehead atoms. The summed E-state index contributed by atoms with van der Waals surface area (Å²) in [6, 6.07) is 9.47. The summed E-state index contributed by atoms with van der Waals surface area (Å²) in [6.45, 7) is 0.524. The van der Waals surface area contributed by atoms with Crippen molar-refractivity contribution in [1.82, 2.24) is 4.98 Å². The van der Waals surface area contributed by atoms with Crippen LogP contribution in [0.1, 0.15) is 38.5 Å². The number of fused-ring (bicyclic) bond motifs is 1. The number of hydrogen-bond donors (Lipinski definition) is 4. The molecule has 0 unspecified atom stereocenters. The number of benzene rings is 1. The van der Waals surface area contributed by atoms with E-state index in [1.165, 1.54) is 0 Å². The second-order valence-corrected chi connectivity index (χ2v) is 8.41. The number of aliphatic hydroxyl groups excluding tert-OH is 4. The third-order valence-corrected chi connectivity index (χ3v) is 5.80. The SMILES string of the molecule is OC[C@H]1O[C@@H](O)[C@H](OCCCCCCCCOc2ccc3nc(Cl)ccc3c2)[C@@H](O)[C@@H]1O. The fraction of sp³-hybridized carbons (Fsp3) is 0.609. The third kappa shape index (κ3) is 6.99. The molecule has 1 aromatic carbocycles. The summed E-state index contributed by atoms with van der Waals surface area (Å²) in [6.07, 6.45) is -0.0948. The van der Waals surface area contributed by atoms with Crippen LogP contribution in [0.4, 0.5) is 0 Å². The molecule has 5 atom stereocenters. The zero-order valence-electron chi connectivity index (χ0n) is 18.0. The number of aromatic nitrogens is 1. The molecule has 1 aromatic heterocycles. The van der Waals surface area contributed by atoms with E-state index in [9.17, 15) is 15.3 Å². The number of pyridine rings is 1. The normalized spacial score (nSPS) is 25.8. The van der Waals surface area contributed by atoms with Crippen molar-refractivity contribution in [3.63, 3.8) is 0 Å². The monoisotopic (exact) mass is 469 g/mol. The van der Waals surface area contributed by atoms with Crippen LogP contribution < -0.4 is 4.74 Å². The van der Waals surface area contributed by atoms with Crippen LogP contribution in [0.15, 0.2) is 30.3 Å². The molecular weight excluding hydrogens is 438 g/mol. The summed E-state index contributed by atoms with van der Waals surface area (Å²) in [5, 5.41) is 40.3. The number of hydrogen-bond acceptors (Lipinski definition) is 8. The van der Waals surface area contributed by atoms with Crippen molar-refractivity contribution in [1.29, 1.82) is 0 Å². The van der Waals surface area contributed by atoms with Crippen molar-refractivity contribution in [2.24, 2.45) is 0 Å². The number of halogens is 1. The number of nitrogens with zero attached hydrogens (tertiary/aromatic N) is 1. The molecule has 0 radical (unpaired) electrons. The Balaban J connectivity index is 1.22. The average molecular weight is 470 g/mol. The molecule has 2 aromatic rings. The summed E-state index contributed by atoms with van der Waals surface area (Å²) < 4.78 is 16.4. The van der Waals surface area contributed by atoms with Gasteiger partial charge in [-0.2, -0.15) is 0 Å². The molecular formula is C23H32ClNO7. The lowest BCUT2D eigenvalue weighted by Crippen LogP contribution is -2.59. The van der Waals surface area contributed by atoms with Crippen LogP contribution in [-0.4, -0.2) is 75.9 Å². The summed E-state index contributed by atoms with van der Waals surface area (Å²) >= 11 is 5.90. The third-order valence-electron chi connectivity index (χ3n) is 5.59. The van der Waals surface area contributed by atoms with Gasteiger partial charge in [0, 0.05) is 12.0 Å². The Labute approximate surface area is 192 Å². The molecule has 8 nitrogen and oxygen atoms in total. The zero-order chi connectivity index (χ0) is 22.9. The lowest BCUT2D eigenvalue weighted by atomic mass is 9.99. The Morgan fingerprint density at radius 1 is 0.906 bits per heavy atom. The second-order valence-electron chi connectivity index (χ2n) is 8.02. The molecule has 2 heterocycles. The van der Waals surface area contributed by atoms with Gasteiger partial charge in [-0.15, -0.1) is 0 Å². The van der Waals surface area contributed by atoms with Crippen molar-refractivity contribution < 1.29 is 34.6 Å². The van der Waals surface area contributed by atoms with E-state index in [-0.39, 0.29) is 0 Å². The van der Waals surface area contributed by atoms with Crippen molar-refractivity contribution in [2.75, 3.05) is 19.8 Å². The Morgan fingerprint density at radius 2 is 1.62 bits per heavy atom. The van der Waals surface area contributed by atoms with Gasteiger partial charge in [0.15, 0.2) is 6.29 Å². The quantitative estimate of drug-likeness (QED) is 0.276. The van der Waals surface area contributed by atoms with Crippen LogP contribution >= 0.6 is 11.6 Å². The van der Waals surface area contributed by atoms with E-state index in [1.807, 2.05) is 24.3 Å². The molecule has 9 heteroatoms. The standard InChI is InChI=1S/C23H32ClNO7/c24-19-10-7-15-13-16(8-9-17(15)25-19)30-11-5-3-1-2-4-6-12-31-22-21(28)20(27)18(14-26)32-23(22)29/h7-10,13,18,20-23,26-29H,1-6,11-12,14H2/t18-,20-,21+,22-,23-/m1/s1. The summed E-state index contributed by atoms with van der Waals surface area (Å²) in [5.74, 6) is 0.824. The molecule has 1 fully saturated rings. The summed E-state index contributed by atoms with van der Waals surface area (Å²) in [7, 11) is 0. The van der Waals surface area contributed by atoms with Gasteiger partial charge in [-0.1, -0.05) is 37.3 Å². The van der Waals surface area contributed by atoms with Crippen LogP contribution in [0.25, 0.3) is 10.9 Å². The van der Waals surface area contributed by atoms with E-state index >= 15 is 0 Å².